The van der Waals surface area contributed by atoms with Gasteiger partial charge in [-0.2, -0.15) is 0 Å². The highest BCUT2D eigenvalue weighted by Gasteiger charge is 2.34. The molecule has 0 aliphatic carbocycles. The van der Waals surface area contributed by atoms with Gasteiger partial charge in [0.1, 0.15) is 10.8 Å². The standard InChI is InChI=1S/C22H22N4O3S/c1-14-3-5-15(6-4-14)11-19(27)23-22-25-24-21(30-22)16-12-20(28)26(13-16)17-7-9-18(29-2)10-8-17/h3-10,16H,11-13H2,1-2H3,(H,23,25,27). The molecule has 7 nitrogen and oxygen atoms in total. The molecule has 30 heavy (non-hydrogen) atoms. The van der Waals surface area contributed by atoms with E-state index in [1.54, 1.807) is 12.0 Å². The maximum Gasteiger partial charge on any atom is 0.230 e. The monoisotopic (exact) mass is 422 g/mol. The average Bonchev–Trinajstić information content (AvgIpc) is 3.36. The lowest BCUT2D eigenvalue weighted by Crippen LogP contribution is -2.24. The van der Waals surface area contributed by atoms with E-state index in [0.29, 0.717) is 18.1 Å². The third-order valence-electron chi connectivity index (χ3n) is 5.03. The van der Waals surface area contributed by atoms with Crippen LogP contribution in [-0.2, 0) is 16.0 Å². The van der Waals surface area contributed by atoms with Gasteiger partial charge in [-0.1, -0.05) is 41.2 Å². The Hall–Kier alpha value is -3.26. The van der Waals surface area contributed by atoms with Crippen LogP contribution in [0.4, 0.5) is 10.8 Å². The molecule has 2 aromatic carbocycles. The number of carbonyl (C=O) groups excluding carboxylic acids is 2. The Kier molecular flexibility index (Phi) is 5.76. The minimum Gasteiger partial charge on any atom is -0.497 e. The second kappa shape index (κ2) is 8.62. The first kappa shape index (κ1) is 20.0. The Morgan fingerprint density at radius 1 is 1.17 bits per heavy atom. The number of ether oxygens (including phenoxy) is 1. The maximum atomic E-state index is 12.5. The topological polar surface area (TPSA) is 84.4 Å². The van der Waals surface area contributed by atoms with E-state index in [0.717, 1.165) is 27.6 Å². The van der Waals surface area contributed by atoms with Crippen molar-refractivity contribution in [1.29, 1.82) is 0 Å². The molecular weight excluding hydrogens is 400 g/mol. The van der Waals surface area contributed by atoms with E-state index in [-0.39, 0.29) is 24.2 Å². The highest BCUT2D eigenvalue weighted by atomic mass is 32.1. The van der Waals surface area contributed by atoms with Crippen LogP contribution in [0, 0.1) is 6.92 Å². The molecule has 1 atom stereocenters. The van der Waals surface area contributed by atoms with Crippen LogP contribution >= 0.6 is 11.3 Å². The second-order valence-electron chi connectivity index (χ2n) is 7.26. The van der Waals surface area contributed by atoms with Crippen molar-refractivity contribution in [2.45, 2.75) is 25.7 Å². The Balaban J connectivity index is 1.38. The second-order valence-corrected chi connectivity index (χ2v) is 8.27. The Morgan fingerprint density at radius 2 is 1.90 bits per heavy atom. The molecule has 0 bridgehead atoms. The lowest BCUT2D eigenvalue weighted by atomic mass is 10.1. The lowest BCUT2D eigenvalue weighted by Gasteiger charge is -2.16. The van der Waals surface area contributed by atoms with E-state index in [2.05, 4.69) is 15.5 Å². The third kappa shape index (κ3) is 4.49. The van der Waals surface area contributed by atoms with Crippen molar-refractivity contribution in [3.63, 3.8) is 0 Å². The molecule has 0 saturated carbocycles. The molecule has 4 rings (SSSR count). The molecule has 1 N–H and O–H groups in total. The van der Waals surface area contributed by atoms with Crippen molar-refractivity contribution in [2.75, 3.05) is 23.9 Å². The van der Waals surface area contributed by atoms with Gasteiger partial charge in [-0.15, -0.1) is 10.2 Å². The zero-order chi connectivity index (χ0) is 21.1. The number of hydrogen-bond acceptors (Lipinski definition) is 6. The molecule has 1 fully saturated rings. The Labute approximate surface area is 178 Å². The molecule has 1 aliphatic heterocycles. The fourth-order valence-corrected chi connectivity index (χ4v) is 4.24. The van der Waals surface area contributed by atoms with E-state index in [9.17, 15) is 9.59 Å². The molecule has 1 saturated heterocycles. The van der Waals surface area contributed by atoms with Gasteiger partial charge in [-0.3, -0.25) is 9.59 Å². The van der Waals surface area contributed by atoms with Crippen LogP contribution in [0.5, 0.6) is 5.75 Å². The van der Waals surface area contributed by atoms with Gasteiger partial charge >= 0.3 is 0 Å². The smallest absolute Gasteiger partial charge is 0.230 e. The van der Waals surface area contributed by atoms with Gasteiger partial charge in [0, 0.05) is 24.6 Å². The van der Waals surface area contributed by atoms with E-state index < -0.39 is 0 Å². The first-order valence-corrected chi connectivity index (χ1v) is 10.5. The number of amides is 2. The van der Waals surface area contributed by atoms with Crippen LogP contribution in [0.1, 0.15) is 28.5 Å². The molecular formula is C22H22N4O3S. The summed E-state index contributed by atoms with van der Waals surface area (Å²) < 4.78 is 5.17. The van der Waals surface area contributed by atoms with Crippen LogP contribution in [0.2, 0.25) is 0 Å². The summed E-state index contributed by atoms with van der Waals surface area (Å²) in [4.78, 5) is 26.6. The maximum absolute atomic E-state index is 12.5. The summed E-state index contributed by atoms with van der Waals surface area (Å²) in [6, 6.07) is 15.3. The number of nitrogens with one attached hydrogen (secondary N) is 1. The van der Waals surface area contributed by atoms with Crippen molar-refractivity contribution >= 4 is 34.0 Å². The molecule has 2 heterocycles. The van der Waals surface area contributed by atoms with Crippen LogP contribution in [0.25, 0.3) is 0 Å². The molecule has 1 aliphatic rings. The highest BCUT2D eigenvalue weighted by molar-refractivity contribution is 7.15. The highest BCUT2D eigenvalue weighted by Crippen LogP contribution is 2.34. The number of aryl methyl sites for hydroxylation is 1. The van der Waals surface area contributed by atoms with Crippen molar-refractivity contribution < 1.29 is 14.3 Å². The van der Waals surface area contributed by atoms with Gasteiger partial charge in [0.2, 0.25) is 16.9 Å². The van der Waals surface area contributed by atoms with Gasteiger partial charge in [0.05, 0.1) is 13.5 Å². The van der Waals surface area contributed by atoms with Gasteiger partial charge in [-0.05, 0) is 36.8 Å². The molecule has 3 aromatic rings. The predicted octanol–water partition coefficient (Wildman–Crippen LogP) is 3.56. The number of benzene rings is 2. The Bertz CT molecular complexity index is 1050. The third-order valence-corrected chi connectivity index (χ3v) is 6.03. The zero-order valence-corrected chi connectivity index (χ0v) is 17.6. The van der Waals surface area contributed by atoms with Crippen LogP contribution in [0.3, 0.4) is 0 Å². The SMILES string of the molecule is COc1ccc(N2CC(c3nnc(NC(=O)Cc4ccc(C)cc4)s3)CC2=O)cc1. The summed E-state index contributed by atoms with van der Waals surface area (Å²) in [6.07, 6.45) is 0.653. The normalized spacial score (nSPS) is 16.0. The molecule has 0 radical (unpaired) electrons. The first-order valence-electron chi connectivity index (χ1n) is 9.65. The number of anilines is 2. The van der Waals surface area contributed by atoms with Crippen molar-refractivity contribution in [3.05, 3.63) is 64.7 Å². The van der Waals surface area contributed by atoms with Crippen LogP contribution in [-0.4, -0.2) is 35.7 Å². The average molecular weight is 423 g/mol. The van der Waals surface area contributed by atoms with E-state index >= 15 is 0 Å². The van der Waals surface area contributed by atoms with Gasteiger partial charge in [0.25, 0.3) is 0 Å². The fourth-order valence-electron chi connectivity index (χ4n) is 3.39. The quantitative estimate of drug-likeness (QED) is 0.657. The zero-order valence-electron chi connectivity index (χ0n) is 16.8. The number of carbonyl (C=O) groups is 2. The van der Waals surface area contributed by atoms with Crippen molar-refractivity contribution in [1.82, 2.24) is 10.2 Å². The van der Waals surface area contributed by atoms with Crippen molar-refractivity contribution in [3.8, 4) is 5.75 Å². The van der Waals surface area contributed by atoms with Crippen LogP contribution < -0.4 is 15.0 Å². The minimum absolute atomic E-state index is 0.0418. The molecule has 154 valence electrons. The summed E-state index contributed by atoms with van der Waals surface area (Å²) in [5.41, 5.74) is 2.93. The van der Waals surface area contributed by atoms with Crippen LogP contribution in [0.15, 0.2) is 48.5 Å². The van der Waals surface area contributed by atoms with Gasteiger partial charge in [0.15, 0.2) is 0 Å². The first-order chi connectivity index (χ1) is 14.5. The Morgan fingerprint density at radius 3 is 2.60 bits per heavy atom. The molecule has 2 amide bonds. The summed E-state index contributed by atoms with van der Waals surface area (Å²) in [7, 11) is 1.61. The number of methoxy groups -OCH3 is 1. The number of rotatable bonds is 6. The minimum atomic E-state index is -0.135. The lowest BCUT2D eigenvalue weighted by molar-refractivity contribution is -0.117. The molecule has 0 spiro atoms. The molecule has 8 heteroatoms. The number of hydrogen-bond donors (Lipinski definition) is 1. The van der Waals surface area contributed by atoms with E-state index in [1.165, 1.54) is 11.3 Å². The van der Waals surface area contributed by atoms with E-state index in [1.807, 2.05) is 55.5 Å². The van der Waals surface area contributed by atoms with E-state index in [4.69, 9.17) is 4.74 Å². The number of aromatic nitrogens is 2. The largest absolute Gasteiger partial charge is 0.497 e. The van der Waals surface area contributed by atoms with Gasteiger partial charge in [-0.25, -0.2) is 0 Å². The predicted molar refractivity (Wildman–Crippen MR) is 116 cm³/mol. The summed E-state index contributed by atoms with van der Waals surface area (Å²) in [5.74, 6) is 0.617. The van der Waals surface area contributed by atoms with Crippen molar-refractivity contribution in [2.24, 2.45) is 0 Å². The summed E-state index contributed by atoms with van der Waals surface area (Å²) in [5, 5.41) is 12.3. The fraction of sp³-hybridized carbons (Fsp3) is 0.273. The summed E-state index contributed by atoms with van der Waals surface area (Å²) >= 11 is 1.32. The number of nitrogens with zero attached hydrogens (tertiary/aromatic N) is 3. The molecule has 1 aromatic heterocycles. The summed E-state index contributed by atoms with van der Waals surface area (Å²) in [6.45, 7) is 2.55. The molecule has 1 unspecified atom stereocenters. The van der Waals surface area contributed by atoms with Gasteiger partial charge < -0.3 is 15.0 Å².